The Morgan fingerprint density at radius 1 is 1.39 bits per heavy atom. The van der Waals surface area contributed by atoms with E-state index in [1.807, 2.05) is 25.9 Å². The number of likely N-dealkylation sites (N-methyl/N-ethyl adjacent to an activating group) is 1. The van der Waals surface area contributed by atoms with Gasteiger partial charge in [-0.15, -0.1) is 0 Å². The van der Waals surface area contributed by atoms with Crippen molar-refractivity contribution in [3.05, 3.63) is 23.4 Å². The van der Waals surface area contributed by atoms with Crippen LogP contribution in [0.3, 0.4) is 0 Å². The Hall–Kier alpha value is -2.19. The monoisotopic (exact) mass is 452 g/mol. The molecule has 9 nitrogen and oxygen atoms in total. The fourth-order valence-electron chi connectivity index (χ4n) is 3.08. The summed E-state index contributed by atoms with van der Waals surface area (Å²) in [6.07, 6.45) is 2.14. The number of rotatable bonds is 6. The van der Waals surface area contributed by atoms with Gasteiger partial charge in [-0.2, -0.15) is 0 Å². The lowest BCUT2D eigenvalue weighted by Crippen LogP contribution is -2.50. The van der Waals surface area contributed by atoms with E-state index in [4.69, 9.17) is 4.74 Å². The van der Waals surface area contributed by atoms with Gasteiger partial charge in [0.05, 0.1) is 32.0 Å². The summed E-state index contributed by atoms with van der Waals surface area (Å²) >= 11 is 0. The lowest BCUT2D eigenvalue weighted by atomic mass is 10.0. The third-order valence-electron chi connectivity index (χ3n) is 5.15. The zero-order valence-corrected chi connectivity index (χ0v) is 19.8. The molecule has 1 aromatic heterocycles. The summed E-state index contributed by atoms with van der Waals surface area (Å²) < 4.78 is 31.1. The molecule has 1 amide bonds. The lowest BCUT2D eigenvalue weighted by molar-refractivity contribution is 0.0373. The van der Waals surface area contributed by atoms with E-state index < -0.39 is 22.2 Å². The Morgan fingerprint density at radius 3 is 2.65 bits per heavy atom. The number of pyridine rings is 1. The van der Waals surface area contributed by atoms with E-state index in [2.05, 4.69) is 16.8 Å². The highest BCUT2D eigenvalue weighted by Crippen LogP contribution is 2.27. The number of aliphatic hydroxyl groups excluding tert-OH is 1. The number of ether oxygens (including phenoxy) is 1. The first-order valence-electron chi connectivity index (χ1n) is 10.1. The number of amides is 1. The standard InChI is InChI=1S/C21H32N4O5S/c1-15-12-25(16(2)14-26)21(27)18-10-17(8-7-9-23(3)4)11-22-20(18)30-19(15)13-24(5)31(6,28)29/h10-11,15-16,19,26H,9,12-14H2,1-6H3/t15-,16-,19-/m0/s1. The van der Waals surface area contributed by atoms with Gasteiger partial charge in [0.1, 0.15) is 11.7 Å². The molecular formula is C21H32N4O5S. The van der Waals surface area contributed by atoms with E-state index in [1.54, 1.807) is 17.9 Å². The van der Waals surface area contributed by atoms with Gasteiger partial charge in [0.15, 0.2) is 0 Å². The number of hydrogen-bond acceptors (Lipinski definition) is 7. The van der Waals surface area contributed by atoms with Crippen molar-refractivity contribution >= 4 is 15.9 Å². The van der Waals surface area contributed by atoms with Crippen LogP contribution in [0.15, 0.2) is 12.3 Å². The van der Waals surface area contributed by atoms with Crippen molar-refractivity contribution in [1.82, 2.24) is 19.1 Å². The minimum absolute atomic E-state index is 0.112. The van der Waals surface area contributed by atoms with Crippen LogP contribution in [0.25, 0.3) is 0 Å². The maximum absolute atomic E-state index is 13.3. The molecule has 1 aliphatic heterocycles. The summed E-state index contributed by atoms with van der Waals surface area (Å²) in [5.74, 6) is 5.64. The highest BCUT2D eigenvalue weighted by atomic mass is 32.2. The summed E-state index contributed by atoms with van der Waals surface area (Å²) in [5, 5.41) is 9.69. The first kappa shape index (κ1) is 25.1. The Labute approximate surface area is 185 Å². The van der Waals surface area contributed by atoms with Gasteiger partial charge < -0.3 is 14.7 Å². The minimum Gasteiger partial charge on any atom is -0.472 e. The third kappa shape index (κ3) is 6.64. The molecule has 0 radical (unpaired) electrons. The largest absolute Gasteiger partial charge is 0.472 e. The average Bonchev–Trinajstić information content (AvgIpc) is 2.69. The second kappa shape index (κ2) is 10.4. The lowest BCUT2D eigenvalue weighted by Gasteiger charge is -2.37. The quantitative estimate of drug-likeness (QED) is 0.611. The molecule has 1 aromatic rings. The van der Waals surface area contributed by atoms with Crippen LogP contribution in [0.1, 0.15) is 29.8 Å². The van der Waals surface area contributed by atoms with Crippen LogP contribution in [0.5, 0.6) is 5.88 Å². The molecule has 172 valence electrons. The van der Waals surface area contributed by atoms with Crippen LogP contribution < -0.4 is 4.74 Å². The molecule has 0 saturated heterocycles. The maximum Gasteiger partial charge on any atom is 0.259 e. The second-order valence-corrected chi connectivity index (χ2v) is 10.4. The van der Waals surface area contributed by atoms with Crippen molar-refractivity contribution in [1.29, 1.82) is 0 Å². The Bertz CT molecular complexity index is 954. The maximum atomic E-state index is 13.3. The van der Waals surface area contributed by atoms with E-state index in [-0.39, 0.29) is 36.4 Å². The van der Waals surface area contributed by atoms with Crippen molar-refractivity contribution in [2.45, 2.75) is 26.0 Å². The molecule has 1 N–H and O–H groups in total. The Balaban J connectivity index is 2.48. The van der Waals surface area contributed by atoms with E-state index in [1.165, 1.54) is 17.5 Å². The highest BCUT2D eigenvalue weighted by molar-refractivity contribution is 7.88. The van der Waals surface area contributed by atoms with Gasteiger partial charge in [0.25, 0.3) is 5.91 Å². The van der Waals surface area contributed by atoms with Gasteiger partial charge in [0.2, 0.25) is 15.9 Å². The average molecular weight is 453 g/mol. The van der Waals surface area contributed by atoms with Crippen LogP contribution >= 0.6 is 0 Å². The van der Waals surface area contributed by atoms with Crippen LogP contribution in [0.4, 0.5) is 0 Å². The predicted octanol–water partition coefficient (Wildman–Crippen LogP) is 0.106. The number of sulfonamides is 1. The van der Waals surface area contributed by atoms with E-state index in [0.29, 0.717) is 18.7 Å². The molecule has 2 rings (SSSR count). The molecule has 3 atom stereocenters. The smallest absolute Gasteiger partial charge is 0.259 e. The van der Waals surface area contributed by atoms with Crippen molar-refractivity contribution < 1.29 is 23.1 Å². The van der Waals surface area contributed by atoms with Gasteiger partial charge >= 0.3 is 0 Å². The number of nitrogens with zero attached hydrogens (tertiary/aromatic N) is 4. The van der Waals surface area contributed by atoms with Gasteiger partial charge in [-0.25, -0.2) is 17.7 Å². The van der Waals surface area contributed by atoms with Gasteiger partial charge in [-0.1, -0.05) is 18.8 Å². The SMILES string of the molecule is C[C@H]1CN([C@@H](C)CO)C(=O)c2cc(C#CCN(C)C)cnc2O[C@H]1CN(C)S(C)(=O)=O. The highest BCUT2D eigenvalue weighted by Gasteiger charge is 2.35. The van der Waals surface area contributed by atoms with Crippen LogP contribution in [-0.2, 0) is 10.0 Å². The van der Waals surface area contributed by atoms with Crippen LogP contribution in [0, 0.1) is 17.8 Å². The molecular weight excluding hydrogens is 420 g/mol. The van der Waals surface area contributed by atoms with E-state index >= 15 is 0 Å². The molecule has 0 aromatic carbocycles. The molecule has 2 heterocycles. The second-order valence-electron chi connectivity index (χ2n) is 8.28. The first-order chi connectivity index (χ1) is 14.4. The summed E-state index contributed by atoms with van der Waals surface area (Å²) in [4.78, 5) is 21.1. The van der Waals surface area contributed by atoms with Crippen molar-refractivity contribution in [2.75, 3.05) is 53.6 Å². The normalized spacial score (nSPS) is 20.4. The summed E-state index contributed by atoms with van der Waals surface area (Å²) in [5.41, 5.74) is 0.823. The first-order valence-corrected chi connectivity index (χ1v) is 11.9. The summed E-state index contributed by atoms with van der Waals surface area (Å²) in [6.45, 7) is 4.43. The molecule has 0 fully saturated rings. The van der Waals surface area contributed by atoms with Crippen molar-refractivity contribution in [3.63, 3.8) is 0 Å². The van der Waals surface area contributed by atoms with E-state index in [0.717, 1.165) is 6.26 Å². The summed E-state index contributed by atoms with van der Waals surface area (Å²) in [7, 11) is 1.91. The zero-order valence-electron chi connectivity index (χ0n) is 19.0. The van der Waals surface area contributed by atoms with Gasteiger partial charge in [0, 0.05) is 31.3 Å². The molecule has 0 bridgehead atoms. The third-order valence-corrected chi connectivity index (χ3v) is 6.43. The van der Waals surface area contributed by atoms with Crippen LogP contribution in [0.2, 0.25) is 0 Å². The van der Waals surface area contributed by atoms with E-state index in [9.17, 15) is 18.3 Å². The van der Waals surface area contributed by atoms with Crippen LogP contribution in [-0.4, -0.2) is 104 Å². The van der Waals surface area contributed by atoms with Gasteiger partial charge in [-0.3, -0.25) is 9.69 Å². The molecule has 0 spiro atoms. The molecule has 10 heteroatoms. The zero-order chi connectivity index (χ0) is 23.3. The molecule has 0 unspecified atom stereocenters. The molecule has 1 aliphatic rings. The Morgan fingerprint density at radius 2 is 2.06 bits per heavy atom. The number of aromatic nitrogens is 1. The summed E-state index contributed by atoms with van der Waals surface area (Å²) in [6, 6.07) is 1.22. The van der Waals surface area contributed by atoms with Crippen molar-refractivity contribution in [3.8, 4) is 17.7 Å². The number of aliphatic hydroxyl groups is 1. The molecule has 0 saturated carbocycles. The number of hydrogen-bond donors (Lipinski definition) is 1. The molecule has 0 aliphatic carbocycles. The Kier molecular flexibility index (Phi) is 8.42. The fourth-order valence-corrected chi connectivity index (χ4v) is 3.49. The number of carbonyl (C=O) groups excluding carboxylic acids is 1. The number of carbonyl (C=O) groups is 1. The topological polar surface area (TPSA) is 103 Å². The van der Waals surface area contributed by atoms with Crippen molar-refractivity contribution in [2.24, 2.45) is 5.92 Å². The number of fused-ring (bicyclic) bond motifs is 1. The van der Waals surface area contributed by atoms with Gasteiger partial charge in [-0.05, 0) is 27.1 Å². The predicted molar refractivity (Wildman–Crippen MR) is 118 cm³/mol. The fraction of sp³-hybridized carbons (Fsp3) is 0.619. The molecule has 31 heavy (non-hydrogen) atoms. The minimum atomic E-state index is -3.40.